The van der Waals surface area contributed by atoms with Gasteiger partial charge in [-0.15, -0.1) is 0 Å². The second-order valence-corrected chi connectivity index (χ2v) is 6.48. The largest absolute Gasteiger partial charge is 0.487 e. The lowest BCUT2D eigenvalue weighted by Crippen LogP contribution is -2.18. The summed E-state index contributed by atoms with van der Waals surface area (Å²) < 4.78 is 7.83. The lowest BCUT2D eigenvalue weighted by atomic mass is 10.2. The zero-order valence-corrected chi connectivity index (χ0v) is 15.5. The predicted molar refractivity (Wildman–Crippen MR) is 103 cm³/mol. The van der Waals surface area contributed by atoms with Crippen molar-refractivity contribution in [2.75, 3.05) is 12.4 Å². The van der Waals surface area contributed by atoms with Crippen molar-refractivity contribution in [3.8, 4) is 17.0 Å². The number of fused-ring (bicyclic) bond motifs is 2. The fourth-order valence-corrected chi connectivity index (χ4v) is 3.07. The molecule has 142 valence electrons. The highest BCUT2D eigenvalue weighted by molar-refractivity contribution is 5.92. The molecule has 8 heteroatoms. The molecule has 0 saturated carbocycles. The van der Waals surface area contributed by atoms with E-state index in [4.69, 9.17) is 4.74 Å². The highest BCUT2D eigenvalue weighted by Gasteiger charge is 2.18. The number of amides is 2. The number of anilines is 1. The second kappa shape index (κ2) is 7.15. The van der Waals surface area contributed by atoms with E-state index in [-0.39, 0.29) is 11.8 Å². The third kappa shape index (κ3) is 3.44. The van der Waals surface area contributed by atoms with Gasteiger partial charge in [0, 0.05) is 43.0 Å². The van der Waals surface area contributed by atoms with Gasteiger partial charge in [0.25, 0.3) is 5.91 Å². The van der Waals surface area contributed by atoms with E-state index in [0.717, 1.165) is 28.3 Å². The van der Waals surface area contributed by atoms with Crippen molar-refractivity contribution in [3.63, 3.8) is 0 Å². The number of pyridine rings is 1. The first-order chi connectivity index (χ1) is 13.5. The van der Waals surface area contributed by atoms with Gasteiger partial charge in [0.15, 0.2) is 0 Å². The molecule has 1 aromatic carbocycles. The molecule has 2 aromatic heterocycles. The van der Waals surface area contributed by atoms with Crippen LogP contribution in [0.2, 0.25) is 0 Å². The van der Waals surface area contributed by atoms with Crippen LogP contribution in [-0.2, 0) is 17.9 Å². The Morgan fingerprint density at radius 2 is 2.04 bits per heavy atom. The molecule has 4 rings (SSSR count). The predicted octanol–water partition coefficient (Wildman–Crippen LogP) is 2.20. The van der Waals surface area contributed by atoms with Crippen molar-refractivity contribution in [1.29, 1.82) is 0 Å². The first kappa shape index (κ1) is 17.7. The number of ether oxygens (including phenoxy) is 1. The molecule has 28 heavy (non-hydrogen) atoms. The third-order valence-electron chi connectivity index (χ3n) is 4.47. The molecule has 8 nitrogen and oxygen atoms in total. The molecule has 2 N–H and O–H groups in total. The Bertz CT molecular complexity index is 1060. The van der Waals surface area contributed by atoms with Gasteiger partial charge in [-0.25, -0.2) is 0 Å². The topological polar surface area (TPSA) is 98.1 Å². The van der Waals surface area contributed by atoms with Crippen LogP contribution >= 0.6 is 0 Å². The summed E-state index contributed by atoms with van der Waals surface area (Å²) in [6.45, 7) is 2.40. The van der Waals surface area contributed by atoms with Gasteiger partial charge in [-0.1, -0.05) is 6.07 Å². The molecule has 0 unspecified atom stereocenters. The zero-order valence-electron chi connectivity index (χ0n) is 15.5. The number of hydrogen-bond acceptors (Lipinski definition) is 5. The number of benzene rings is 1. The summed E-state index contributed by atoms with van der Waals surface area (Å²) in [5.41, 5.74) is 4.58. The van der Waals surface area contributed by atoms with E-state index in [1.165, 1.54) is 6.92 Å². The van der Waals surface area contributed by atoms with Gasteiger partial charge < -0.3 is 15.4 Å². The first-order valence-corrected chi connectivity index (χ1v) is 8.82. The van der Waals surface area contributed by atoms with Crippen LogP contribution in [0.4, 0.5) is 5.69 Å². The van der Waals surface area contributed by atoms with Crippen molar-refractivity contribution >= 4 is 17.5 Å². The minimum Gasteiger partial charge on any atom is -0.487 e. The van der Waals surface area contributed by atoms with E-state index in [0.29, 0.717) is 24.5 Å². The second-order valence-electron chi connectivity index (χ2n) is 6.48. The van der Waals surface area contributed by atoms with E-state index in [2.05, 4.69) is 20.7 Å². The molecule has 0 atom stereocenters. The molecular formula is C20H19N5O3. The van der Waals surface area contributed by atoms with Gasteiger partial charge in [-0.2, -0.15) is 5.10 Å². The molecular weight excluding hydrogens is 358 g/mol. The Labute approximate surface area is 161 Å². The standard InChI is InChI=1S/C20H19N5O3/c1-12(26)23-15-5-3-14-10-25-16(11-28-19(14)7-15)8-18(24-25)13-4-6-17(22-9-13)20(27)21-2/h3-9H,10-11H2,1-2H3,(H,21,27)(H,23,26). The van der Waals surface area contributed by atoms with Crippen molar-refractivity contribution in [2.24, 2.45) is 0 Å². The Morgan fingerprint density at radius 1 is 1.18 bits per heavy atom. The van der Waals surface area contributed by atoms with E-state index in [9.17, 15) is 9.59 Å². The zero-order chi connectivity index (χ0) is 19.7. The molecule has 2 amide bonds. The summed E-state index contributed by atoms with van der Waals surface area (Å²) in [6.07, 6.45) is 1.64. The van der Waals surface area contributed by atoms with Crippen molar-refractivity contribution in [3.05, 3.63) is 59.5 Å². The molecule has 1 aliphatic rings. The molecule has 0 saturated heterocycles. The smallest absolute Gasteiger partial charge is 0.269 e. The van der Waals surface area contributed by atoms with E-state index in [1.54, 1.807) is 19.3 Å². The molecule has 0 fully saturated rings. The fourth-order valence-electron chi connectivity index (χ4n) is 3.07. The minimum absolute atomic E-state index is 0.123. The molecule has 3 aromatic rings. The van der Waals surface area contributed by atoms with E-state index >= 15 is 0 Å². The maximum absolute atomic E-state index is 11.6. The Kier molecular flexibility index (Phi) is 4.52. The fraction of sp³-hybridized carbons (Fsp3) is 0.200. The number of aromatic nitrogens is 3. The van der Waals surface area contributed by atoms with Gasteiger partial charge in [0.1, 0.15) is 18.1 Å². The quantitative estimate of drug-likeness (QED) is 0.729. The Balaban J connectivity index is 1.59. The molecule has 3 heterocycles. The highest BCUT2D eigenvalue weighted by atomic mass is 16.5. The van der Waals surface area contributed by atoms with Crippen LogP contribution in [0.25, 0.3) is 11.3 Å². The summed E-state index contributed by atoms with van der Waals surface area (Å²) in [4.78, 5) is 27.1. The Hall–Kier alpha value is -3.68. The maximum Gasteiger partial charge on any atom is 0.269 e. The number of carbonyl (C=O) groups is 2. The average molecular weight is 377 g/mol. The summed E-state index contributed by atoms with van der Waals surface area (Å²) >= 11 is 0. The summed E-state index contributed by atoms with van der Waals surface area (Å²) in [5, 5.41) is 9.98. The summed E-state index contributed by atoms with van der Waals surface area (Å²) in [7, 11) is 1.57. The average Bonchev–Trinajstić information content (AvgIpc) is 3.02. The first-order valence-electron chi connectivity index (χ1n) is 8.82. The van der Waals surface area contributed by atoms with Crippen LogP contribution in [-0.4, -0.2) is 33.6 Å². The molecule has 0 bridgehead atoms. The normalized spacial score (nSPS) is 12.2. The van der Waals surface area contributed by atoms with Gasteiger partial charge in [0.2, 0.25) is 5.91 Å². The van der Waals surface area contributed by atoms with Crippen LogP contribution in [0.1, 0.15) is 28.7 Å². The molecule has 0 radical (unpaired) electrons. The van der Waals surface area contributed by atoms with Gasteiger partial charge >= 0.3 is 0 Å². The summed E-state index contributed by atoms with van der Waals surface area (Å²) in [5.74, 6) is 0.382. The van der Waals surface area contributed by atoms with Gasteiger partial charge in [0.05, 0.1) is 17.9 Å². The Morgan fingerprint density at radius 3 is 2.75 bits per heavy atom. The minimum atomic E-state index is -0.226. The maximum atomic E-state index is 11.6. The number of nitrogens with zero attached hydrogens (tertiary/aromatic N) is 3. The van der Waals surface area contributed by atoms with Crippen LogP contribution in [0.15, 0.2) is 42.6 Å². The van der Waals surface area contributed by atoms with E-state index in [1.807, 2.05) is 35.0 Å². The van der Waals surface area contributed by atoms with Crippen LogP contribution in [0, 0.1) is 0 Å². The summed E-state index contributed by atoms with van der Waals surface area (Å²) in [6, 6.07) is 11.1. The lowest BCUT2D eigenvalue weighted by molar-refractivity contribution is -0.114. The highest BCUT2D eigenvalue weighted by Crippen LogP contribution is 2.29. The monoisotopic (exact) mass is 377 g/mol. The van der Waals surface area contributed by atoms with Crippen molar-refractivity contribution in [1.82, 2.24) is 20.1 Å². The van der Waals surface area contributed by atoms with Crippen LogP contribution in [0.5, 0.6) is 5.75 Å². The number of nitrogens with one attached hydrogen (secondary N) is 2. The van der Waals surface area contributed by atoms with Crippen LogP contribution in [0.3, 0.4) is 0 Å². The third-order valence-corrected chi connectivity index (χ3v) is 4.47. The van der Waals surface area contributed by atoms with Crippen molar-refractivity contribution < 1.29 is 14.3 Å². The van der Waals surface area contributed by atoms with Gasteiger partial charge in [-0.05, 0) is 24.3 Å². The van der Waals surface area contributed by atoms with Gasteiger partial charge in [-0.3, -0.25) is 19.3 Å². The molecule has 0 aliphatic carbocycles. The number of hydrogen-bond donors (Lipinski definition) is 2. The number of carbonyl (C=O) groups excluding carboxylic acids is 2. The number of rotatable bonds is 3. The van der Waals surface area contributed by atoms with E-state index < -0.39 is 0 Å². The molecule has 0 spiro atoms. The van der Waals surface area contributed by atoms with Crippen LogP contribution < -0.4 is 15.4 Å². The molecule has 1 aliphatic heterocycles. The SMILES string of the molecule is CNC(=O)c1ccc(-c2cc3n(n2)Cc2ccc(NC(C)=O)cc2OC3)cn1. The van der Waals surface area contributed by atoms with Crippen molar-refractivity contribution in [2.45, 2.75) is 20.1 Å². The lowest BCUT2D eigenvalue weighted by Gasteiger charge is -2.09.